The summed E-state index contributed by atoms with van der Waals surface area (Å²) in [7, 11) is 0. The van der Waals surface area contributed by atoms with Gasteiger partial charge in [-0.3, -0.25) is 4.79 Å². The van der Waals surface area contributed by atoms with Crippen molar-refractivity contribution in [3.8, 4) is 0 Å². The Hall–Kier alpha value is -2.49. The molecule has 0 unspecified atom stereocenters. The van der Waals surface area contributed by atoms with Crippen molar-refractivity contribution in [3.63, 3.8) is 0 Å². The number of hydrogen-bond donors (Lipinski definition) is 2. The zero-order valence-electron chi connectivity index (χ0n) is 19.8. The van der Waals surface area contributed by atoms with Crippen LogP contribution in [0.2, 0.25) is 0 Å². The standard InChI is InChI=1S/C26H32F4N2O3/c1-2-35-16-12-31-21-8-9-22(23(27)18-21)24(33)7-4-13-32-14-10-25(34,11-15-32)19-5-3-6-20(17-19)26(28,29)30/h3,5-6,8-9,17-18,31,34H,2,4,7,10-16H2,1H3. The molecule has 2 aromatic rings. The maximum absolute atomic E-state index is 14.4. The Bertz CT molecular complexity index is 989. The Kier molecular flexibility index (Phi) is 9.27. The lowest BCUT2D eigenvalue weighted by atomic mass is 9.83. The highest BCUT2D eigenvalue weighted by Crippen LogP contribution is 2.36. The number of piperidine rings is 1. The number of likely N-dealkylation sites (tertiary alicyclic amines) is 1. The molecule has 9 heteroatoms. The van der Waals surface area contributed by atoms with Gasteiger partial charge in [-0.1, -0.05) is 12.1 Å². The number of aliphatic hydroxyl groups is 1. The molecule has 1 saturated heterocycles. The number of carbonyl (C=O) groups excluding carboxylic acids is 1. The van der Waals surface area contributed by atoms with E-state index < -0.39 is 23.2 Å². The number of ketones is 1. The summed E-state index contributed by atoms with van der Waals surface area (Å²) in [5.74, 6) is -0.846. The first-order chi connectivity index (χ1) is 16.6. The van der Waals surface area contributed by atoms with E-state index in [0.717, 1.165) is 12.1 Å². The number of Topliss-reactive ketones (excluding diaryl/α,β-unsaturated/α-hetero) is 1. The Morgan fingerprint density at radius 1 is 1.17 bits per heavy atom. The molecule has 2 aromatic carbocycles. The number of nitrogens with one attached hydrogen (secondary N) is 1. The SMILES string of the molecule is CCOCCNc1ccc(C(=O)CCCN2CCC(O)(c3cccc(C(F)(F)F)c3)CC2)c(F)c1. The molecular weight excluding hydrogens is 464 g/mol. The lowest BCUT2D eigenvalue weighted by molar-refractivity contribution is -0.137. The zero-order chi connectivity index (χ0) is 25.5. The van der Waals surface area contributed by atoms with Gasteiger partial charge >= 0.3 is 6.18 Å². The summed E-state index contributed by atoms with van der Waals surface area (Å²) in [6.07, 6.45) is -3.15. The zero-order valence-corrected chi connectivity index (χ0v) is 19.8. The fourth-order valence-electron chi connectivity index (χ4n) is 4.28. The topological polar surface area (TPSA) is 61.8 Å². The molecule has 0 amide bonds. The summed E-state index contributed by atoms with van der Waals surface area (Å²) in [4.78, 5) is 14.6. The molecule has 3 rings (SSSR count). The highest BCUT2D eigenvalue weighted by molar-refractivity contribution is 5.96. The molecule has 0 aromatic heterocycles. The van der Waals surface area contributed by atoms with Gasteiger partial charge in [-0.25, -0.2) is 4.39 Å². The number of halogens is 4. The number of hydrogen-bond acceptors (Lipinski definition) is 5. The molecule has 1 heterocycles. The van der Waals surface area contributed by atoms with Gasteiger partial charge in [-0.05, 0) is 68.6 Å². The van der Waals surface area contributed by atoms with Gasteiger partial charge in [-0.2, -0.15) is 13.2 Å². The van der Waals surface area contributed by atoms with Gasteiger partial charge in [0.1, 0.15) is 5.82 Å². The molecule has 1 aliphatic heterocycles. The van der Waals surface area contributed by atoms with E-state index in [2.05, 4.69) is 10.2 Å². The second-order valence-electron chi connectivity index (χ2n) is 8.80. The molecular formula is C26H32F4N2O3. The summed E-state index contributed by atoms with van der Waals surface area (Å²) >= 11 is 0. The average molecular weight is 497 g/mol. The third kappa shape index (κ3) is 7.49. The molecule has 2 N–H and O–H groups in total. The Balaban J connectivity index is 1.45. The predicted molar refractivity (Wildman–Crippen MR) is 126 cm³/mol. The van der Waals surface area contributed by atoms with Crippen LogP contribution in [-0.4, -0.2) is 55.2 Å². The number of benzene rings is 2. The van der Waals surface area contributed by atoms with Crippen LogP contribution in [0.1, 0.15) is 54.1 Å². The third-order valence-corrected chi connectivity index (χ3v) is 6.34. The van der Waals surface area contributed by atoms with Crippen LogP contribution in [0.5, 0.6) is 0 Å². The van der Waals surface area contributed by atoms with E-state index in [1.54, 1.807) is 6.07 Å². The highest BCUT2D eigenvalue weighted by atomic mass is 19.4. The van der Waals surface area contributed by atoms with E-state index in [9.17, 15) is 27.5 Å². The molecule has 5 nitrogen and oxygen atoms in total. The van der Waals surface area contributed by atoms with E-state index in [1.165, 1.54) is 24.3 Å². The van der Waals surface area contributed by atoms with Crippen LogP contribution in [-0.2, 0) is 16.5 Å². The van der Waals surface area contributed by atoms with Crippen molar-refractivity contribution in [1.29, 1.82) is 0 Å². The minimum Gasteiger partial charge on any atom is -0.385 e. The van der Waals surface area contributed by atoms with Crippen molar-refractivity contribution >= 4 is 11.5 Å². The number of rotatable bonds is 11. The Morgan fingerprint density at radius 3 is 2.57 bits per heavy atom. The van der Waals surface area contributed by atoms with Gasteiger partial charge in [0.2, 0.25) is 0 Å². The maximum Gasteiger partial charge on any atom is 0.416 e. The van der Waals surface area contributed by atoms with Crippen LogP contribution >= 0.6 is 0 Å². The van der Waals surface area contributed by atoms with Crippen LogP contribution in [0.4, 0.5) is 23.2 Å². The smallest absolute Gasteiger partial charge is 0.385 e. The van der Waals surface area contributed by atoms with Gasteiger partial charge in [-0.15, -0.1) is 0 Å². The van der Waals surface area contributed by atoms with Gasteiger partial charge in [0.25, 0.3) is 0 Å². The molecule has 0 bridgehead atoms. The van der Waals surface area contributed by atoms with Crippen molar-refractivity contribution < 1.29 is 32.2 Å². The second-order valence-corrected chi connectivity index (χ2v) is 8.80. The first-order valence-electron chi connectivity index (χ1n) is 11.9. The first-order valence-corrected chi connectivity index (χ1v) is 11.9. The van der Waals surface area contributed by atoms with Crippen molar-refractivity contribution in [2.45, 2.75) is 44.4 Å². The number of anilines is 1. The van der Waals surface area contributed by atoms with Crippen LogP contribution in [0, 0.1) is 5.82 Å². The summed E-state index contributed by atoms with van der Waals surface area (Å²) < 4.78 is 58.7. The number of carbonyl (C=O) groups is 1. The van der Waals surface area contributed by atoms with Crippen molar-refractivity contribution in [2.24, 2.45) is 0 Å². The lowest BCUT2D eigenvalue weighted by Crippen LogP contribution is -2.43. The third-order valence-electron chi connectivity index (χ3n) is 6.34. The van der Waals surface area contributed by atoms with Crippen LogP contribution in [0.15, 0.2) is 42.5 Å². The average Bonchev–Trinajstić information content (AvgIpc) is 2.83. The molecule has 1 fully saturated rings. The minimum absolute atomic E-state index is 0.0536. The predicted octanol–water partition coefficient (Wildman–Crippen LogP) is 5.24. The van der Waals surface area contributed by atoms with Crippen LogP contribution in [0.25, 0.3) is 0 Å². The van der Waals surface area contributed by atoms with Crippen molar-refractivity contribution in [1.82, 2.24) is 4.90 Å². The number of nitrogens with zero attached hydrogens (tertiary/aromatic N) is 1. The molecule has 1 aliphatic rings. The van der Waals surface area contributed by atoms with Gasteiger partial charge in [0.15, 0.2) is 5.78 Å². The molecule has 0 atom stereocenters. The second kappa shape index (κ2) is 12.0. The summed E-state index contributed by atoms with van der Waals surface area (Å²) in [5.41, 5.74) is -1.17. The Morgan fingerprint density at radius 2 is 1.91 bits per heavy atom. The lowest BCUT2D eigenvalue weighted by Gasteiger charge is -2.38. The minimum atomic E-state index is -4.46. The highest BCUT2D eigenvalue weighted by Gasteiger charge is 2.37. The fourth-order valence-corrected chi connectivity index (χ4v) is 4.28. The van der Waals surface area contributed by atoms with Gasteiger partial charge in [0, 0.05) is 38.3 Å². The van der Waals surface area contributed by atoms with E-state index in [1.807, 2.05) is 6.92 Å². The molecule has 35 heavy (non-hydrogen) atoms. The van der Waals surface area contributed by atoms with E-state index in [-0.39, 0.29) is 23.3 Å². The van der Waals surface area contributed by atoms with Gasteiger partial charge < -0.3 is 20.1 Å². The van der Waals surface area contributed by atoms with E-state index in [4.69, 9.17) is 4.74 Å². The fraction of sp³-hybridized carbons (Fsp3) is 0.500. The summed E-state index contributed by atoms with van der Waals surface area (Å²) in [6, 6.07) is 9.31. The quantitative estimate of drug-likeness (QED) is 0.253. The number of alkyl halides is 3. The van der Waals surface area contributed by atoms with E-state index in [0.29, 0.717) is 64.3 Å². The van der Waals surface area contributed by atoms with Gasteiger partial charge in [0.05, 0.1) is 23.3 Å². The van der Waals surface area contributed by atoms with Crippen LogP contribution < -0.4 is 5.32 Å². The molecule has 0 spiro atoms. The number of ether oxygens (including phenoxy) is 1. The molecule has 0 radical (unpaired) electrons. The molecule has 0 saturated carbocycles. The normalized spacial score (nSPS) is 16.3. The molecule has 192 valence electrons. The molecule has 0 aliphatic carbocycles. The largest absolute Gasteiger partial charge is 0.416 e. The maximum atomic E-state index is 14.4. The Labute approximate surface area is 203 Å². The van der Waals surface area contributed by atoms with Crippen LogP contribution in [0.3, 0.4) is 0 Å². The van der Waals surface area contributed by atoms with Crippen molar-refractivity contribution in [2.75, 3.05) is 44.7 Å². The van der Waals surface area contributed by atoms with Crippen molar-refractivity contribution in [3.05, 3.63) is 65.0 Å². The van der Waals surface area contributed by atoms with E-state index >= 15 is 0 Å². The monoisotopic (exact) mass is 496 g/mol. The summed E-state index contributed by atoms with van der Waals surface area (Å²) in [5, 5.41) is 14.0. The first kappa shape index (κ1) is 27.1. The summed E-state index contributed by atoms with van der Waals surface area (Å²) in [6.45, 7) is 5.13.